The molecular formula is C22H25N3OS. The first-order chi connectivity index (χ1) is 13.2. The minimum Gasteiger partial charge on any atom is -0.325 e. The predicted molar refractivity (Wildman–Crippen MR) is 113 cm³/mol. The van der Waals surface area contributed by atoms with Crippen LogP contribution < -0.4 is 10.6 Å². The van der Waals surface area contributed by atoms with E-state index in [9.17, 15) is 4.79 Å². The first-order valence-corrected chi connectivity index (χ1v) is 10.2. The summed E-state index contributed by atoms with van der Waals surface area (Å²) in [5.74, 6) is -0.0443. The number of amides is 1. The van der Waals surface area contributed by atoms with Crippen LogP contribution >= 0.6 is 11.3 Å². The Kier molecular flexibility index (Phi) is 6.74. The van der Waals surface area contributed by atoms with Crippen LogP contribution in [0.5, 0.6) is 0 Å². The fraction of sp³-hybridized carbons (Fsp3) is 0.273. The van der Waals surface area contributed by atoms with Crippen molar-refractivity contribution in [3.05, 3.63) is 70.7 Å². The number of nitrogens with one attached hydrogen (secondary N) is 2. The van der Waals surface area contributed by atoms with Crippen molar-refractivity contribution < 1.29 is 4.79 Å². The number of rotatable bonds is 8. The molecule has 140 valence electrons. The van der Waals surface area contributed by atoms with E-state index in [1.165, 1.54) is 5.56 Å². The molecule has 1 amide bonds. The molecule has 0 spiro atoms. The van der Waals surface area contributed by atoms with Gasteiger partial charge >= 0.3 is 0 Å². The highest BCUT2D eigenvalue weighted by Crippen LogP contribution is 2.24. The fourth-order valence-electron chi connectivity index (χ4n) is 2.82. The van der Waals surface area contributed by atoms with E-state index < -0.39 is 0 Å². The van der Waals surface area contributed by atoms with Crippen molar-refractivity contribution in [1.29, 1.82) is 0 Å². The maximum Gasteiger partial charge on any atom is 0.230 e. The van der Waals surface area contributed by atoms with Crippen molar-refractivity contribution >= 4 is 22.9 Å². The van der Waals surface area contributed by atoms with E-state index in [0.717, 1.165) is 47.0 Å². The average Bonchev–Trinajstić information content (AvgIpc) is 3.15. The van der Waals surface area contributed by atoms with Crippen LogP contribution in [0.25, 0.3) is 10.6 Å². The van der Waals surface area contributed by atoms with Gasteiger partial charge < -0.3 is 10.6 Å². The number of aryl methyl sites for hydroxylation is 1. The Morgan fingerprint density at radius 3 is 2.59 bits per heavy atom. The molecule has 0 radical (unpaired) electrons. The molecule has 5 heteroatoms. The zero-order valence-corrected chi connectivity index (χ0v) is 16.6. The van der Waals surface area contributed by atoms with E-state index in [0.29, 0.717) is 0 Å². The van der Waals surface area contributed by atoms with Gasteiger partial charge in [0.05, 0.1) is 12.1 Å². The fourth-order valence-corrected chi connectivity index (χ4v) is 3.64. The van der Waals surface area contributed by atoms with Crippen molar-refractivity contribution in [1.82, 2.24) is 10.3 Å². The number of benzene rings is 2. The minimum atomic E-state index is -0.0443. The molecule has 2 N–H and O–H groups in total. The molecule has 0 aliphatic carbocycles. The average molecular weight is 380 g/mol. The van der Waals surface area contributed by atoms with Gasteiger partial charge in [0.15, 0.2) is 0 Å². The molecule has 3 aromatic rings. The SMILES string of the molecule is CCNCc1ccccc1NC(=O)Cc1csc(-c2ccc(CC)cc2)n1. The van der Waals surface area contributed by atoms with Crippen molar-refractivity contribution in [2.24, 2.45) is 0 Å². The highest BCUT2D eigenvalue weighted by Gasteiger charge is 2.11. The lowest BCUT2D eigenvalue weighted by atomic mass is 10.1. The number of hydrogen-bond acceptors (Lipinski definition) is 4. The van der Waals surface area contributed by atoms with Gasteiger partial charge in [-0.3, -0.25) is 4.79 Å². The van der Waals surface area contributed by atoms with Crippen LogP contribution in [0.15, 0.2) is 53.9 Å². The summed E-state index contributed by atoms with van der Waals surface area (Å²) >= 11 is 1.58. The van der Waals surface area contributed by atoms with Gasteiger partial charge in [-0.05, 0) is 30.2 Å². The van der Waals surface area contributed by atoms with Gasteiger partial charge in [0.2, 0.25) is 5.91 Å². The third-order valence-corrected chi connectivity index (χ3v) is 5.30. The molecule has 1 heterocycles. The van der Waals surface area contributed by atoms with E-state index in [2.05, 4.69) is 53.7 Å². The van der Waals surface area contributed by atoms with Crippen LogP contribution in [0.3, 0.4) is 0 Å². The van der Waals surface area contributed by atoms with Gasteiger partial charge in [0, 0.05) is 23.2 Å². The summed E-state index contributed by atoms with van der Waals surface area (Å²) in [6.45, 7) is 5.84. The highest BCUT2D eigenvalue weighted by atomic mass is 32.1. The molecule has 0 atom stereocenters. The van der Waals surface area contributed by atoms with Crippen molar-refractivity contribution in [2.45, 2.75) is 33.2 Å². The molecule has 2 aromatic carbocycles. The van der Waals surface area contributed by atoms with Crippen molar-refractivity contribution in [2.75, 3.05) is 11.9 Å². The van der Waals surface area contributed by atoms with Gasteiger partial charge in [-0.15, -0.1) is 11.3 Å². The van der Waals surface area contributed by atoms with E-state index in [1.807, 2.05) is 29.6 Å². The zero-order chi connectivity index (χ0) is 19.1. The van der Waals surface area contributed by atoms with Crippen LogP contribution in [-0.2, 0) is 24.2 Å². The monoisotopic (exact) mass is 379 g/mol. The van der Waals surface area contributed by atoms with Gasteiger partial charge in [0.1, 0.15) is 5.01 Å². The second-order valence-electron chi connectivity index (χ2n) is 6.36. The van der Waals surface area contributed by atoms with Gasteiger partial charge in [-0.25, -0.2) is 4.98 Å². The molecule has 0 fully saturated rings. The minimum absolute atomic E-state index is 0.0443. The highest BCUT2D eigenvalue weighted by molar-refractivity contribution is 7.13. The normalized spacial score (nSPS) is 10.7. The quantitative estimate of drug-likeness (QED) is 0.598. The predicted octanol–water partition coefficient (Wildman–Crippen LogP) is 4.66. The number of nitrogens with zero attached hydrogens (tertiary/aromatic N) is 1. The summed E-state index contributed by atoms with van der Waals surface area (Å²) < 4.78 is 0. The van der Waals surface area contributed by atoms with E-state index in [-0.39, 0.29) is 12.3 Å². The molecule has 1 aromatic heterocycles. The Morgan fingerprint density at radius 2 is 1.85 bits per heavy atom. The van der Waals surface area contributed by atoms with Crippen LogP contribution in [0.1, 0.15) is 30.7 Å². The smallest absolute Gasteiger partial charge is 0.230 e. The Labute approximate surface area is 164 Å². The molecule has 0 aliphatic heterocycles. The third kappa shape index (κ3) is 5.25. The number of carbonyl (C=O) groups is 1. The second kappa shape index (κ2) is 9.44. The Balaban J connectivity index is 1.64. The number of anilines is 1. The van der Waals surface area contributed by atoms with Gasteiger partial charge in [0.25, 0.3) is 0 Å². The van der Waals surface area contributed by atoms with Gasteiger partial charge in [-0.2, -0.15) is 0 Å². The van der Waals surface area contributed by atoms with Crippen molar-refractivity contribution in [3.63, 3.8) is 0 Å². The van der Waals surface area contributed by atoms with E-state index >= 15 is 0 Å². The molecule has 3 rings (SSSR count). The molecule has 0 saturated heterocycles. The summed E-state index contributed by atoms with van der Waals surface area (Å²) in [5, 5.41) is 9.23. The summed E-state index contributed by atoms with van der Waals surface area (Å²) in [7, 11) is 0. The number of thiazole rings is 1. The van der Waals surface area contributed by atoms with Crippen LogP contribution in [0.2, 0.25) is 0 Å². The number of hydrogen-bond donors (Lipinski definition) is 2. The lowest BCUT2D eigenvalue weighted by molar-refractivity contribution is -0.115. The molecule has 27 heavy (non-hydrogen) atoms. The molecular weight excluding hydrogens is 354 g/mol. The Hall–Kier alpha value is -2.50. The summed E-state index contributed by atoms with van der Waals surface area (Å²) in [4.78, 5) is 17.1. The van der Waals surface area contributed by atoms with Gasteiger partial charge in [-0.1, -0.05) is 56.3 Å². The molecule has 0 unspecified atom stereocenters. The van der Waals surface area contributed by atoms with E-state index in [4.69, 9.17) is 0 Å². The van der Waals surface area contributed by atoms with Crippen LogP contribution in [0.4, 0.5) is 5.69 Å². The largest absolute Gasteiger partial charge is 0.325 e. The molecule has 4 nitrogen and oxygen atoms in total. The number of carbonyl (C=O) groups excluding carboxylic acids is 1. The summed E-state index contributed by atoms with van der Waals surface area (Å²) in [5.41, 5.74) is 5.15. The summed E-state index contributed by atoms with van der Waals surface area (Å²) in [6, 6.07) is 16.3. The molecule has 0 saturated carbocycles. The standard InChI is InChI=1S/C22H25N3OS/c1-3-16-9-11-17(12-10-16)22-24-19(15-27-22)13-21(26)25-20-8-6-5-7-18(20)14-23-4-2/h5-12,15,23H,3-4,13-14H2,1-2H3,(H,25,26). The molecule has 0 bridgehead atoms. The van der Waals surface area contributed by atoms with Crippen LogP contribution in [0, 0.1) is 0 Å². The Bertz CT molecular complexity index is 887. The lowest BCUT2D eigenvalue weighted by Crippen LogP contribution is -2.18. The lowest BCUT2D eigenvalue weighted by Gasteiger charge is -2.11. The maximum atomic E-state index is 12.5. The second-order valence-corrected chi connectivity index (χ2v) is 7.22. The van der Waals surface area contributed by atoms with E-state index in [1.54, 1.807) is 11.3 Å². The number of para-hydroxylation sites is 1. The number of aromatic nitrogens is 1. The Morgan fingerprint density at radius 1 is 1.07 bits per heavy atom. The third-order valence-electron chi connectivity index (χ3n) is 4.36. The van der Waals surface area contributed by atoms with Crippen molar-refractivity contribution in [3.8, 4) is 10.6 Å². The summed E-state index contributed by atoms with van der Waals surface area (Å²) in [6.07, 6.45) is 1.30. The zero-order valence-electron chi connectivity index (χ0n) is 15.8. The maximum absolute atomic E-state index is 12.5. The topological polar surface area (TPSA) is 54.0 Å². The molecule has 0 aliphatic rings. The first-order valence-electron chi connectivity index (χ1n) is 9.31. The van der Waals surface area contributed by atoms with Crippen LogP contribution in [-0.4, -0.2) is 17.4 Å². The first kappa shape index (κ1) is 19.3.